The highest BCUT2D eigenvalue weighted by Gasteiger charge is 2.17. The van der Waals surface area contributed by atoms with Gasteiger partial charge in [-0.25, -0.2) is 0 Å². The second kappa shape index (κ2) is 5.82. The van der Waals surface area contributed by atoms with Crippen molar-refractivity contribution in [3.05, 3.63) is 29.8 Å². The molecule has 1 aromatic rings. The summed E-state index contributed by atoms with van der Waals surface area (Å²) in [4.78, 5) is 12.9. The number of likely N-dealkylation sites (tertiary alicyclic amines) is 1. The highest BCUT2D eigenvalue weighted by atomic mass is 16.5. The van der Waals surface area contributed by atoms with Crippen molar-refractivity contribution in [2.24, 2.45) is 5.92 Å². The van der Waals surface area contributed by atoms with E-state index in [0.717, 1.165) is 25.2 Å². The van der Waals surface area contributed by atoms with Crippen LogP contribution in [0.5, 0.6) is 5.75 Å². The molecular formula is C14H19NO2. The number of hydrogen-bond acceptors (Lipinski definition) is 3. The number of aldehydes is 1. The molecule has 1 unspecified atom stereocenters. The van der Waals surface area contributed by atoms with Crippen LogP contribution in [0.1, 0.15) is 23.2 Å². The molecule has 0 N–H and O–H groups in total. The van der Waals surface area contributed by atoms with Gasteiger partial charge in [-0.2, -0.15) is 0 Å². The van der Waals surface area contributed by atoms with E-state index in [0.29, 0.717) is 11.5 Å². The minimum Gasteiger partial charge on any atom is -0.493 e. The zero-order valence-corrected chi connectivity index (χ0v) is 10.3. The van der Waals surface area contributed by atoms with Crippen LogP contribution in [0.3, 0.4) is 0 Å². The summed E-state index contributed by atoms with van der Waals surface area (Å²) in [5, 5.41) is 0. The van der Waals surface area contributed by atoms with E-state index in [1.165, 1.54) is 19.4 Å². The van der Waals surface area contributed by atoms with Crippen molar-refractivity contribution in [3.8, 4) is 5.75 Å². The van der Waals surface area contributed by atoms with Crippen LogP contribution in [0.2, 0.25) is 0 Å². The number of carbonyl (C=O) groups is 1. The summed E-state index contributed by atoms with van der Waals surface area (Å²) in [6.07, 6.45) is 3.35. The van der Waals surface area contributed by atoms with Crippen LogP contribution in [-0.4, -0.2) is 37.9 Å². The van der Waals surface area contributed by atoms with E-state index < -0.39 is 0 Å². The molecule has 17 heavy (non-hydrogen) atoms. The van der Waals surface area contributed by atoms with Crippen molar-refractivity contribution in [2.75, 3.05) is 26.7 Å². The van der Waals surface area contributed by atoms with Crippen molar-refractivity contribution < 1.29 is 9.53 Å². The Kier molecular flexibility index (Phi) is 4.15. The zero-order valence-electron chi connectivity index (χ0n) is 10.3. The average Bonchev–Trinajstić information content (AvgIpc) is 2.37. The zero-order chi connectivity index (χ0) is 12.1. The Balaban J connectivity index is 1.82. The van der Waals surface area contributed by atoms with Crippen LogP contribution in [0.25, 0.3) is 0 Å². The fourth-order valence-electron chi connectivity index (χ4n) is 2.27. The Hall–Kier alpha value is -1.35. The largest absolute Gasteiger partial charge is 0.493 e. The maximum absolute atomic E-state index is 10.5. The molecule has 1 atom stereocenters. The van der Waals surface area contributed by atoms with Gasteiger partial charge in [-0.05, 0) is 50.7 Å². The highest BCUT2D eigenvalue weighted by Crippen LogP contribution is 2.18. The molecule has 0 saturated carbocycles. The quantitative estimate of drug-likeness (QED) is 0.747. The van der Waals surface area contributed by atoms with Gasteiger partial charge in [0.2, 0.25) is 0 Å². The maximum Gasteiger partial charge on any atom is 0.150 e. The van der Waals surface area contributed by atoms with Crippen molar-refractivity contribution in [3.63, 3.8) is 0 Å². The fourth-order valence-corrected chi connectivity index (χ4v) is 2.27. The number of rotatable bonds is 4. The molecule has 1 heterocycles. The van der Waals surface area contributed by atoms with Gasteiger partial charge in [0.1, 0.15) is 12.0 Å². The summed E-state index contributed by atoms with van der Waals surface area (Å²) < 4.78 is 5.75. The molecule has 0 radical (unpaired) electrons. The molecule has 3 heteroatoms. The van der Waals surface area contributed by atoms with Crippen molar-refractivity contribution >= 4 is 6.29 Å². The molecule has 3 nitrogen and oxygen atoms in total. The molecule has 0 amide bonds. The molecule has 0 aromatic heterocycles. The lowest BCUT2D eigenvalue weighted by molar-refractivity contribution is 0.112. The van der Waals surface area contributed by atoms with Gasteiger partial charge in [0, 0.05) is 18.0 Å². The van der Waals surface area contributed by atoms with Crippen LogP contribution < -0.4 is 4.74 Å². The Morgan fingerprint density at radius 1 is 1.41 bits per heavy atom. The lowest BCUT2D eigenvalue weighted by atomic mass is 10.00. The normalized spacial score (nSPS) is 21.1. The summed E-state index contributed by atoms with van der Waals surface area (Å²) in [5.74, 6) is 1.48. The van der Waals surface area contributed by atoms with E-state index in [2.05, 4.69) is 11.9 Å². The van der Waals surface area contributed by atoms with Gasteiger partial charge in [0.05, 0.1) is 6.61 Å². The second-order valence-corrected chi connectivity index (χ2v) is 4.77. The van der Waals surface area contributed by atoms with Crippen molar-refractivity contribution in [1.29, 1.82) is 0 Å². The number of nitrogens with zero attached hydrogens (tertiary/aromatic N) is 1. The van der Waals surface area contributed by atoms with E-state index in [-0.39, 0.29) is 0 Å². The van der Waals surface area contributed by atoms with Crippen molar-refractivity contribution in [2.45, 2.75) is 12.8 Å². The highest BCUT2D eigenvalue weighted by molar-refractivity contribution is 5.74. The summed E-state index contributed by atoms with van der Waals surface area (Å²) in [6, 6.07) is 7.29. The molecule has 1 saturated heterocycles. The average molecular weight is 233 g/mol. The number of ether oxygens (including phenoxy) is 1. The number of carbonyl (C=O) groups excluding carboxylic acids is 1. The predicted molar refractivity (Wildman–Crippen MR) is 67.5 cm³/mol. The summed E-state index contributed by atoms with van der Waals surface area (Å²) >= 11 is 0. The minimum atomic E-state index is 0.625. The Labute approximate surface area is 102 Å². The number of hydrogen-bond donors (Lipinski definition) is 0. The van der Waals surface area contributed by atoms with E-state index in [4.69, 9.17) is 4.74 Å². The first kappa shape index (κ1) is 12.1. The van der Waals surface area contributed by atoms with Crippen LogP contribution in [0, 0.1) is 5.92 Å². The first-order chi connectivity index (χ1) is 8.28. The van der Waals surface area contributed by atoms with Gasteiger partial charge in [-0.15, -0.1) is 0 Å². The summed E-state index contributed by atoms with van der Waals surface area (Å²) in [6.45, 7) is 3.09. The monoisotopic (exact) mass is 233 g/mol. The van der Waals surface area contributed by atoms with Crippen LogP contribution >= 0.6 is 0 Å². The van der Waals surface area contributed by atoms with Crippen LogP contribution in [0.4, 0.5) is 0 Å². The third-order valence-corrected chi connectivity index (χ3v) is 3.22. The summed E-state index contributed by atoms with van der Waals surface area (Å²) in [5.41, 5.74) is 0.690. The number of piperidine rings is 1. The van der Waals surface area contributed by atoms with E-state index in [9.17, 15) is 4.79 Å². The number of benzene rings is 1. The molecular weight excluding hydrogens is 214 g/mol. The third kappa shape index (κ3) is 3.56. The fraction of sp³-hybridized carbons (Fsp3) is 0.500. The van der Waals surface area contributed by atoms with Gasteiger partial charge in [-0.1, -0.05) is 0 Å². The van der Waals surface area contributed by atoms with E-state index in [1.807, 2.05) is 12.1 Å². The molecule has 0 spiro atoms. The van der Waals surface area contributed by atoms with Gasteiger partial charge in [0.15, 0.2) is 0 Å². The predicted octanol–water partition coefficient (Wildman–Crippen LogP) is 2.22. The molecule has 1 aromatic carbocycles. The maximum atomic E-state index is 10.5. The van der Waals surface area contributed by atoms with Gasteiger partial charge < -0.3 is 9.64 Å². The SMILES string of the molecule is CN1CCCC(COc2ccc(C=O)cc2)C1. The smallest absolute Gasteiger partial charge is 0.150 e. The lowest BCUT2D eigenvalue weighted by Crippen LogP contribution is -2.34. The van der Waals surface area contributed by atoms with E-state index >= 15 is 0 Å². The molecule has 0 aliphatic carbocycles. The molecule has 92 valence electrons. The molecule has 2 rings (SSSR count). The standard InChI is InChI=1S/C14H19NO2/c1-15-8-2-3-13(9-15)11-17-14-6-4-12(10-16)5-7-14/h4-7,10,13H,2-3,8-9,11H2,1H3. The molecule has 1 aliphatic heterocycles. The molecule has 0 bridgehead atoms. The second-order valence-electron chi connectivity index (χ2n) is 4.77. The Morgan fingerprint density at radius 3 is 2.82 bits per heavy atom. The molecule has 1 fully saturated rings. The molecule has 1 aliphatic rings. The van der Waals surface area contributed by atoms with Crippen LogP contribution in [-0.2, 0) is 0 Å². The Morgan fingerprint density at radius 2 is 2.18 bits per heavy atom. The Bertz CT molecular complexity index is 361. The minimum absolute atomic E-state index is 0.625. The topological polar surface area (TPSA) is 29.5 Å². The third-order valence-electron chi connectivity index (χ3n) is 3.22. The lowest BCUT2D eigenvalue weighted by Gasteiger charge is -2.29. The van der Waals surface area contributed by atoms with Crippen molar-refractivity contribution in [1.82, 2.24) is 4.90 Å². The summed E-state index contributed by atoms with van der Waals surface area (Å²) in [7, 11) is 2.16. The van der Waals surface area contributed by atoms with Gasteiger partial charge >= 0.3 is 0 Å². The van der Waals surface area contributed by atoms with Crippen LogP contribution in [0.15, 0.2) is 24.3 Å². The first-order valence-corrected chi connectivity index (χ1v) is 6.14. The van der Waals surface area contributed by atoms with Gasteiger partial charge in [0.25, 0.3) is 0 Å². The van der Waals surface area contributed by atoms with E-state index in [1.54, 1.807) is 12.1 Å². The first-order valence-electron chi connectivity index (χ1n) is 6.14. The van der Waals surface area contributed by atoms with Gasteiger partial charge in [-0.3, -0.25) is 4.79 Å².